The number of fused-ring (bicyclic) bond motifs is 2. The van der Waals surface area contributed by atoms with Crippen molar-refractivity contribution in [2.24, 2.45) is 5.41 Å². The first-order valence-corrected chi connectivity index (χ1v) is 14.6. The molecule has 3 aromatic carbocycles. The number of halogens is 3. The summed E-state index contributed by atoms with van der Waals surface area (Å²) in [6.45, 7) is 6.92. The van der Waals surface area contributed by atoms with Gasteiger partial charge in [-0.1, -0.05) is 62.2 Å². The Labute approximate surface area is 255 Å². The van der Waals surface area contributed by atoms with Gasteiger partial charge in [-0.2, -0.15) is 0 Å². The van der Waals surface area contributed by atoms with Gasteiger partial charge in [-0.05, 0) is 59.4 Å². The van der Waals surface area contributed by atoms with E-state index in [0.29, 0.717) is 40.6 Å². The maximum atomic E-state index is 15.9. The number of benzene rings is 3. The summed E-state index contributed by atoms with van der Waals surface area (Å²) in [6.07, 6.45) is 0.712. The summed E-state index contributed by atoms with van der Waals surface area (Å²) in [7, 11) is 3.01. The normalized spacial score (nSPS) is 22.9. The Balaban J connectivity index is 1.65. The lowest BCUT2D eigenvalue weighted by Gasteiger charge is -2.39. The van der Waals surface area contributed by atoms with Crippen LogP contribution >= 0.6 is 23.2 Å². The van der Waals surface area contributed by atoms with Crippen molar-refractivity contribution in [3.8, 4) is 5.75 Å². The highest BCUT2D eigenvalue weighted by atomic mass is 35.5. The van der Waals surface area contributed by atoms with Gasteiger partial charge < -0.3 is 26.0 Å². The Morgan fingerprint density at radius 3 is 2.57 bits per heavy atom. The fourth-order valence-corrected chi connectivity index (χ4v) is 6.91. The molecule has 2 aliphatic heterocycles. The Bertz CT molecular complexity index is 1540. The number of carbonyl (C=O) groups is 2. The van der Waals surface area contributed by atoms with E-state index in [1.54, 1.807) is 37.4 Å². The number of nitrogens with one attached hydrogen (secondary N) is 4. The first-order chi connectivity index (χ1) is 19.9. The van der Waals surface area contributed by atoms with E-state index in [-0.39, 0.29) is 28.3 Å². The van der Waals surface area contributed by atoms with Gasteiger partial charge in [-0.15, -0.1) is 0 Å². The molecule has 0 aromatic heterocycles. The summed E-state index contributed by atoms with van der Waals surface area (Å²) in [5.74, 6) is -1.48. The van der Waals surface area contributed by atoms with Gasteiger partial charge in [0.25, 0.3) is 5.91 Å². The molecule has 1 fully saturated rings. The van der Waals surface area contributed by atoms with Crippen LogP contribution in [0.3, 0.4) is 0 Å². The van der Waals surface area contributed by atoms with Gasteiger partial charge >= 0.3 is 0 Å². The molecule has 42 heavy (non-hydrogen) atoms. The van der Waals surface area contributed by atoms with Crippen LogP contribution in [0.4, 0.5) is 15.8 Å². The average molecular weight is 614 g/mol. The SMILES string of the molecule is CNC(=O)c1ccc(NC(=O)[C@@H]2NC(CC(C)(C)C)[C@@]3(CNc4cc(Cl)ccc43)[C@H]2c2cccc(Cl)c2F)c(OC)c1. The number of ether oxygens (including phenoxy) is 1. The van der Waals surface area contributed by atoms with Crippen molar-refractivity contribution in [1.29, 1.82) is 0 Å². The predicted octanol–water partition coefficient (Wildman–Crippen LogP) is 6.36. The van der Waals surface area contributed by atoms with Crippen LogP contribution in [0.25, 0.3) is 0 Å². The minimum Gasteiger partial charge on any atom is -0.495 e. The Morgan fingerprint density at radius 1 is 1.12 bits per heavy atom. The minimum atomic E-state index is -0.836. The topological polar surface area (TPSA) is 91.5 Å². The first kappa shape index (κ1) is 30.1. The molecule has 2 heterocycles. The zero-order valence-electron chi connectivity index (χ0n) is 24.2. The summed E-state index contributed by atoms with van der Waals surface area (Å²) in [4.78, 5) is 26.4. The predicted molar refractivity (Wildman–Crippen MR) is 166 cm³/mol. The van der Waals surface area contributed by atoms with Gasteiger partial charge in [0.05, 0.1) is 23.9 Å². The molecule has 2 aliphatic rings. The quantitative estimate of drug-likeness (QED) is 0.260. The van der Waals surface area contributed by atoms with Gasteiger partial charge in [0.2, 0.25) is 5.91 Å². The third kappa shape index (κ3) is 5.32. The summed E-state index contributed by atoms with van der Waals surface area (Å²) >= 11 is 12.7. The number of methoxy groups -OCH3 is 1. The minimum absolute atomic E-state index is 0.00479. The first-order valence-electron chi connectivity index (χ1n) is 13.8. The summed E-state index contributed by atoms with van der Waals surface area (Å²) < 4.78 is 21.5. The molecule has 3 aromatic rings. The number of hydrogen-bond donors (Lipinski definition) is 4. The van der Waals surface area contributed by atoms with Crippen molar-refractivity contribution in [2.75, 3.05) is 31.3 Å². The smallest absolute Gasteiger partial charge is 0.251 e. The molecule has 4 atom stereocenters. The number of anilines is 2. The van der Waals surface area contributed by atoms with Crippen LogP contribution in [-0.4, -0.2) is 44.6 Å². The van der Waals surface area contributed by atoms with E-state index in [4.69, 9.17) is 27.9 Å². The molecule has 1 saturated heterocycles. The second kappa shape index (κ2) is 11.4. The second-order valence-corrected chi connectivity index (χ2v) is 13.0. The van der Waals surface area contributed by atoms with E-state index in [1.807, 2.05) is 18.2 Å². The lowest BCUT2D eigenvalue weighted by molar-refractivity contribution is -0.118. The molecular weight excluding hydrogens is 578 g/mol. The van der Waals surface area contributed by atoms with E-state index in [2.05, 4.69) is 42.0 Å². The van der Waals surface area contributed by atoms with E-state index in [9.17, 15) is 9.59 Å². The lowest BCUT2D eigenvalue weighted by Crippen LogP contribution is -2.46. The Kier molecular flexibility index (Phi) is 8.18. The van der Waals surface area contributed by atoms with Crippen LogP contribution in [0.1, 0.15) is 54.6 Å². The average Bonchev–Trinajstić information content (AvgIpc) is 3.47. The molecule has 0 bridgehead atoms. The van der Waals surface area contributed by atoms with E-state index >= 15 is 4.39 Å². The van der Waals surface area contributed by atoms with Gasteiger partial charge in [-0.25, -0.2) is 4.39 Å². The molecule has 1 spiro atoms. The highest BCUT2D eigenvalue weighted by Gasteiger charge is 2.61. The third-order valence-electron chi connectivity index (χ3n) is 8.31. The maximum absolute atomic E-state index is 15.9. The van der Waals surface area contributed by atoms with Crippen LogP contribution in [0.5, 0.6) is 5.75 Å². The van der Waals surface area contributed by atoms with Crippen LogP contribution in [0.2, 0.25) is 10.0 Å². The summed E-state index contributed by atoms with van der Waals surface area (Å²) in [6, 6.07) is 14.4. The summed E-state index contributed by atoms with van der Waals surface area (Å²) in [5.41, 5.74) is 2.17. The summed E-state index contributed by atoms with van der Waals surface area (Å²) in [5, 5.41) is 13.3. The molecule has 4 N–H and O–H groups in total. The van der Waals surface area contributed by atoms with Crippen molar-refractivity contribution in [2.45, 2.75) is 50.6 Å². The van der Waals surface area contributed by atoms with Gasteiger partial charge in [-0.3, -0.25) is 9.59 Å². The molecule has 10 heteroatoms. The van der Waals surface area contributed by atoms with Gasteiger partial charge in [0.1, 0.15) is 11.6 Å². The molecule has 0 aliphatic carbocycles. The monoisotopic (exact) mass is 612 g/mol. The number of rotatable bonds is 6. The van der Waals surface area contributed by atoms with Crippen molar-refractivity contribution >= 4 is 46.4 Å². The van der Waals surface area contributed by atoms with Crippen molar-refractivity contribution in [3.63, 3.8) is 0 Å². The standard InChI is InChI=1S/C32H35Cl2FN4O3/c1-31(2,3)15-25-32(16-37-23-14-18(33)10-11-20(23)32)26(19-7-6-8-21(34)27(19)35)28(39-25)30(41)38-22-12-9-17(29(40)36-4)13-24(22)42-5/h6-14,25-26,28,37,39H,15-16H2,1-5H3,(H,36,40)(H,38,41)/t25?,26-,28+,32-/m0/s1. The van der Waals surface area contributed by atoms with Gasteiger partial charge in [0.15, 0.2) is 0 Å². The largest absolute Gasteiger partial charge is 0.495 e. The van der Waals surface area contributed by atoms with Crippen LogP contribution in [0.15, 0.2) is 54.6 Å². The second-order valence-electron chi connectivity index (χ2n) is 12.1. The zero-order valence-corrected chi connectivity index (χ0v) is 25.7. The molecule has 1 unspecified atom stereocenters. The highest BCUT2D eigenvalue weighted by Crippen LogP contribution is 2.56. The molecule has 0 saturated carbocycles. The zero-order chi connectivity index (χ0) is 30.4. The van der Waals surface area contributed by atoms with Crippen molar-refractivity contribution in [3.05, 3.63) is 87.2 Å². The van der Waals surface area contributed by atoms with E-state index < -0.39 is 23.2 Å². The van der Waals surface area contributed by atoms with Crippen molar-refractivity contribution in [1.82, 2.24) is 10.6 Å². The Hall–Kier alpha value is -3.33. The maximum Gasteiger partial charge on any atom is 0.251 e. The van der Waals surface area contributed by atoms with E-state index in [0.717, 1.165) is 11.3 Å². The highest BCUT2D eigenvalue weighted by molar-refractivity contribution is 6.31. The van der Waals surface area contributed by atoms with Crippen LogP contribution in [-0.2, 0) is 10.2 Å². The number of carbonyl (C=O) groups excluding carboxylic acids is 2. The molecule has 222 valence electrons. The fraction of sp³-hybridized carbons (Fsp3) is 0.375. The number of amides is 2. The molecule has 2 amide bonds. The lowest BCUT2D eigenvalue weighted by atomic mass is 9.63. The number of hydrogen-bond acceptors (Lipinski definition) is 5. The Morgan fingerprint density at radius 2 is 1.88 bits per heavy atom. The third-order valence-corrected chi connectivity index (χ3v) is 8.84. The van der Waals surface area contributed by atoms with E-state index in [1.165, 1.54) is 13.2 Å². The molecule has 5 rings (SSSR count). The molecular formula is C32H35Cl2FN4O3. The van der Waals surface area contributed by atoms with Crippen molar-refractivity contribution < 1.29 is 18.7 Å². The van der Waals surface area contributed by atoms with Crippen LogP contribution < -0.4 is 26.0 Å². The molecule has 0 radical (unpaired) electrons. The fourth-order valence-electron chi connectivity index (χ4n) is 6.56. The van der Waals surface area contributed by atoms with Gasteiger partial charge in [0, 0.05) is 47.2 Å². The molecule has 7 nitrogen and oxygen atoms in total. The van der Waals surface area contributed by atoms with Crippen LogP contribution in [0, 0.1) is 11.2 Å².